The summed E-state index contributed by atoms with van der Waals surface area (Å²) in [5, 5.41) is 18.0. The number of ketones is 1. The number of hydrogen-bond donors (Lipinski definition) is 3. The summed E-state index contributed by atoms with van der Waals surface area (Å²) in [6.07, 6.45) is 6.60. The number of hydrogen-bond acceptors (Lipinski definition) is 5. The largest absolute Gasteiger partial charge is 0.451 e. The Morgan fingerprint density at radius 3 is 2.30 bits per heavy atom. The third kappa shape index (κ3) is 4.80. The average Bonchev–Trinajstić information content (AvgIpc) is 3.09. The molecular formula is C21H33BN2O3. The molecule has 5 nitrogen and oxygen atoms in total. The first-order valence-electron chi connectivity index (χ1n) is 10.4. The Kier molecular flexibility index (Phi) is 6.74. The Hall–Kier alpha value is -1.21. The van der Waals surface area contributed by atoms with Gasteiger partial charge in [-0.15, -0.1) is 0 Å². The third-order valence-electron chi connectivity index (χ3n) is 6.76. The maximum absolute atomic E-state index is 12.3. The lowest BCUT2D eigenvalue weighted by Crippen LogP contribution is -2.57. The van der Waals surface area contributed by atoms with E-state index in [0.717, 1.165) is 45.2 Å². The Balaban J connectivity index is 1.53. The van der Waals surface area contributed by atoms with Crippen LogP contribution in [0.15, 0.2) is 24.3 Å². The number of nitrogens with two attached hydrogens (primary N) is 1. The number of piperidine rings is 1. The Morgan fingerprint density at radius 2 is 1.78 bits per heavy atom. The summed E-state index contributed by atoms with van der Waals surface area (Å²) < 4.78 is 0. The molecule has 1 heterocycles. The minimum atomic E-state index is -1.27. The van der Waals surface area contributed by atoms with Gasteiger partial charge in [0.2, 0.25) is 0 Å². The van der Waals surface area contributed by atoms with Crippen LogP contribution in [0.25, 0.3) is 0 Å². The summed E-state index contributed by atoms with van der Waals surface area (Å²) in [6, 6.07) is 9.31. The molecule has 2 aliphatic rings. The minimum Gasteiger partial charge on any atom is -0.427 e. The molecule has 1 aliphatic heterocycles. The molecule has 1 atom stereocenters. The van der Waals surface area contributed by atoms with Crippen molar-refractivity contribution in [2.24, 2.45) is 11.7 Å². The van der Waals surface area contributed by atoms with Gasteiger partial charge >= 0.3 is 7.12 Å². The molecule has 148 valence electrons. The summed E-state index contributed by atoms with van der Waals surface area (Å²) in [5.74, 6) is 0.285. The lowest BCUT2D eigenvalue weighted by molar-refractivity contribution is -0.125. The normalized spacial score (nSPS) is 21.0. The highest BCUT2D eigenvalue weighted by Crippen LogP contribution is 2.34. The Morgan fingerprint density at radius 1 is 1.19 bits per heavy atom. The number of nitrogens with zero attached hydrogens (tertiary/aromatic N) is 1. The molecule has 0 amide bonds. The van der Waals surface area contributed by atoms with Gasteiger partial charge in [-0.3, -0.25) is 9.69 Å². The number of benzene rings is 1. The van der Waals surface area contributed by atoms with E-state index in [2.05, 4.69) is 29.2 Å². The van der Waals surface area contributed by atoms with Crippen LogP contribution in [0.5, 0.6) is 0 Å². The molecular weight excluding hydrogens is 339 g/mol. The molecule has 1 fully saturated rings. The molecule has 3 rings (SSSR count). The highest BCUT2D eigenvalue weighted by molar-refractivity contribution is 6.40. The maximum atomic E-state index is 12.3. The minimum absolute atomic E-state index is 0.0683. The first kappa shape index (κ1) is 20.5. The van der Waals surface area contributed by atoms with Crippen molar-refractivity contribution in [2.45, 2.75) is 69.8 Å². The molecule has 27 heavy (non-hydrogen) atoms. The van der Waals surface area contributed by atoms with Gasteiger partial charge in [0.25, 0.3) is 0 Å². The van der Waals surface area contributed by atoms with Crippen molar-refractivity contribution in [2.75, 3.05) is 13.1 Å². The molecule has 4 N–H and O–H groups in total. The van der Waals surface area contributed by atoms with Crippen molar-refractivity contribution in [3.05, 3.63) is 35.4 Å². The van der Waals surface area contributed by atoms with Gasteiger partial charge in [-0.25, -0.2) is 0 Å². The fourth-order valence-corrected chi connectivity index (χ4v) is 4.99. The fraction of sp³-hybridized carbons (Fsp3) is 0.667. The second kappa shape index (κ2) is 8.86. The van der Waals surface area contributed by atoms with Gasteiger partial charge < -0.3 is 15.8 Å². The van der Waals surface area contributed by atoms with Gasteiger partial charge in [0.05, 0.1) is 5.54 Å². The second-order valence-corrected chi connectivity index (χ2v) is 8.46. The molecule has 0 spiro atoms. The van der Waals surface area contributed by atoms with E-state index in [1.165, 1.54) is 11.1 Å². The standard InChI is InChI=1S/C21H33BN2O3/c1-16(25)21(23,10-4-5-11-22(26)27)19-8-12-24(13-9-19)20-14-17-6-2-3-7-18(17)15-20/h2-3,6-7,19-20,26-27H,4-5,8-15,23H2,1H3/t21-/m1/s1. The summed E-state index contributed by atoms with van der Waals surface area (Å²) in [6.45, 7) is 3.62. The van der Waals surface area contributed by atoms with E-state index in [1.807, 2.05) is 0 Å². The van der Waals surface area contributed by atoms with E-state index in [4.69, 9.17) is 15.8 Å². The predicted molar refractivity (Wildman–Crippen MR) is 108 cm³/mol. The van der Waals surface area contributed by atoms with Crippen molar-refractivity contribution in [3.63, 3.8) is 0 Å². The zero-order valence-corrected chi connectivity index (χ0v) is 16.4. The van der Waals surface area contributed by atoms with Crippen molar-refractivity contribution in [1.82, 2.24) is 4.90 Å². The number of rotatable bonds is 8. The quantitative estimate of drug-likeness (QED) is 0.479. The number of carbonyl (C=O) groups is 1. The average molecular weight is 372 g/mol. The molecule has 0 saturated carbocycles. The molecule has 0 bridgehead atoms. The highest BCUT2D eigenvalue weighted by atomic mass is 16.4. The van der Waals surface area contributed by atoms with Crippen LogP contribution in [0.2, 0.25) is 6.32 Å². The SMILES string of the molecule is CC(=O)[C@](N)(CCCCB(O)O)C1CCN(C2Cc3ccccc3C2)CC1. The molecule has 1 aromatic carbocycles. The predicted octanol–water partition coefficient (Wildman–Crippen LogP) is 1.80. The molecule has 6 heteroatoms. The lowest BCUT2D eigenvalue weighted by Gasteiger charge is -2.43. The van der Waals surface area contributed by atoms with Crippen LogP contribution >= 0.6 is 0 Å². The van der Waals surface area contributed by atoms with Crippen LogP contribution in [-0.2, 0) is 17.6 Å². The van der Waals surface area contributed by atoms with Gasteiger partial charge in [0, 0.05) is 6.04 Å². The smallest absolute Gasteiger partial charge is 0.427 e. The highest BCUT2D eigenvalue weighted by Gasteiger charge is 2.41. The topological polar surface area (TPSA) is 86.8 Å². The Labute approximate surface area is 163 Å². The molecule has 0 aromatic heterocycles. The molecule has 1 aliphatic carbocycles. The van der Waals surface area contributed by atoms with Crippen LogP contribution in [0.3, 0.4) is 0 Å². The summed E-state index contributed by atoms with van der Waals surface area (Å²) in [4.78, 5) is 14.9. The van der Waals surface area contributed by atoms with E-state index < -0.39 is 12.7 Å². The lowest BCUT2D eigenvalue weighted by atomic mass is 9.72. The zero-order valence-electron chi connectivity index (χ0n) is 16.4. The summed E-state index contributed by atoms with van der Waals surface area (Å²) >= 11 is 0. The first-order chi connectivity index (χ1) is 12.9. The Bertz CT molecular complexity index is 621. The van der Waals surface area contributed by atoms with Crippen molar-refractivity contribution >= 4 is 12.9 Å². The van der Waals surface area contributed by atoms with E-state index >= 15 is 0 Å². The first-order valence-corrected chi connectivity index (χ1v) is 10.4. The third-order valence-corrected chi connectivity index (χ3v) is 6.76. The summed E-state index contributed by atoms with van der Waals surface area (Å²) in [7, 11) is -1.27. The van der Waals surface area contributed by atoms with E-state index in [0.29, 0.717) is 25.2 Å². The number of unbranched alkanes of at least 4 members (excludes halogenated alkanes) is 1. The van der Waals surface area contributed by atoms with Crippen molar-refractivity contribution < 1.29 is 14.8 Å². The zero-order chi connectivity index (χ0) is 19.4. The van der Waals surface area contributed by atoms with Gasteiger partial charge in [0.1, 0.15) is 5.78 Å². The van der Waals surface area contributed by atoms with Crippen LogP contribution < -0.4 is 5.73 Å². The van der Waals surface area contributed by atoms with Gasteiger partial charge in [-0.2, -0.15) is 0 Å². The van der Waals surface area contributed by atoms with Crippen LogP contribution in [0.4, 0.5) is 0 Å². The van der Waals surface area contributed by atoms with E-state index in [9.17, 15) is 4.79 Å². The molecule has 1 saturated heterocycles. The van der Waals surface area contributed by atoms with Gasteiger partial charge in [-0.05, 0) is 75.5 Å². The number of fused-ring (bicyclic) bond motifs is 1. The van der Waals surface area contributed by atoms with E-state index in [1.54, 1.807) is 6.92 Å². The molecule has 0 radical (unpaired) electrons. The maximum Gasteiger partial charge on any atom is 0.451 e. The second-order valence-electron chi connectivity index (χ2n) is 8.46. The monoisotopic (exact) mass is 372 g/mol. The fourth-order valence-electron chi connectivity index (χ4n) is 4.99. The van der Waals surface area contributed by atoms with Crippen LogP contribution in [0, 0.1) is 5.92 Å². The van der Waals surface area contributed by atoms with Crippen molar-refractivity contribution in [1.29, 1.82) is 0 Å². The van der Waals surface area contributed by atoms with Crippen molar-refractivity contribution in [3.8, 4) is 0 Å². The number of likely N-dealkylation sites (tertiary alicyclic amines) is 1. The van der Waals surface area contributed by atoms with Gasteiger partial charge in [-0.1, -0.05) is 37.1 Å². The van der Waals surface area contributed by atoms with E-state index in [-0.39, 0.29) is 11.7 Å². The molecule has 0 unspecified atom stereocenters. The van der Waals surface area contributed by atoms with Gasteiger partial charge in [0.15, 0.2) is 0 Å². The molecule has 1 aromatic rings. The van der Waals surface area contributed by atoms with Crippen LogP contribution in [0.1, 0.15) is 50.2 Å². The summed E-state index contributed by atoms with van der Waals surface area (Å²) in [5.41, 5.74) is 8.79. The number of carbonyl (C=O) groups excluding carboxylic acids is 1. The number of Topliss-reactive ketones (excluding diaryl/α,β-unsaturated/α-hetero) is 1. The van der Waals surface area contributed by atoms with Crippen LogP contribution in [-0.4, -0.2) is 52.5 Å².